The topological polar surface area (TPSA) is 113 Å². The first-order valence-corrected chi connectivity index (χ1v) is 6.16. The maximum atomic E-state index is 11.0. The zero-order valence-corrected chi connectivity index (χ0v) is 11.2. The van der Waals surface area contributed by atoms with E-state index in [4.69, 9.17) is 15.1 Å². The van der Waals surface area contributed by atoms with Gasteiger partial charge in [-0.05, 0) is 29.8 Å². The Balaban J connectivity index is 2.30. The number of nitriles is 1. The predicted molar refractivity (Wildman–Crippen MR) is 75.9 cm³/mol. The molecule has 0 aliphatic heterocycles. The maximum Gasteiger partial charge on any atom is 0.335 e. The minimum Gasteiger partial charge on any atom is -0.478 e. The summed E-state index contributed by atoms with van der Waals surface area (Å²) in [6.45, 7) is 0. The molecule has 7 nitrogen and oxygen atoms in total. The Hall–Kier alpha value is -3.40. The molecule has 2 aromatic carbocycles. The normalized spacial score (nSPS) is 9.77. The standard InChI is InChI=1S/C15H10N2O5/c16-8-7-10-1-4-12(5-2-10)22-14-6-3-11(15(18)19)9-13(14)17(20)21/h1-6,9H,7H2,(H,18,19). The number of hydrogen-bond donors (Lipinski definition) is 1. The van der Waals surface area contributed by atoms with Crippen molar-refractivity contribution >= 4 is 11.7 Å². The van der Waals surface area contributed by atoms with Crippen molar-refractivity contribution in [2.75, 3.05) is 0 Å². The van der Waals surface area contributed by atoms with Crippen LogP contribution < -0.4 is 4.74 Å². The van der Waals surface area contributed by atoms with Crippen molar-refractivity contribution in [1.29, 1.82) is 5.26 Å². The first-order valence-electron chi connectivity index (χ1n) is 6.16. The van der Waals surface area contributed by atoms with Gasteiger partial charge in [-0.1, -0.05) is 12.1 Å². The number of hydrogen-bond acceptors (Lipinski definition) is 5. The number of rotatable bonds is 5. The van der Waals surface area contributed by atoms with Crippen LogP contribution in [0.15, 0.2) is 42.5 Å². The Labute approximate surface area is 125 Å². The second-order valence-corrected chi connectivity index (χ2v) is 4.33. The molecule has 22 heavy (non-hydrogen) atoms. The Morgan fingerprint density at radius 2 is 1.95 bits per heavy atom. The molecule has 0 spiro atoms. The Morgan fingerprint density at radius 1 is 1.27 bits per heavy atom. The number of benzene rings is 2. The van der Waals surface area contributed by atoms with Gasteiger partial charge in [-0.2, -0.15) is 5.26 Å². The second-order valence-electron chi connectivity index (χ2n) is 4.33. The van der Waals surface area contributed by atoms with E-state index in [9.17, 15) is 14.9 Å². The Bertz CT molecular complexity index is 762. The number of aromatic carboxylic acids is 1. The summed E-state index contributed by atoms with van der Waals surface area (Å²) in [7, 11) is 0. The van der Waals surface area contributed by atoms with Gasteiger partial charge in [-0.25, -0.2) is 4.79 Å². The van der Waals surface area contributed by atoms with Crippen molar-refractivity contribution in [3.63, 3.8) is 0 Å². The smallest absolute Gasteiger partial charge is 0.335 e. The zero-order chi connectivity index (χ0) is 16.1. The van der Waals surface area contributed by atoms with Gasteiger partial charge in [0, 0.05) is 6.07 Å². The fraction of sp³-hybridized carbons (Fsp3) is 0.0667. The van der Waals surface area contributed by atoms with Gasteiger partial charge in [0.2, 0.25) is 5.75 Å². The average molecular weight is 298 g/mol. The van der Waals surface area contributed by atoms with Crippen LogP contribution >= 0.6 is 0 Å². The van der Waals surface area contributed by atoms with Crippen LogP contribution in [0.25, 0.3) is 0 Å². The van der Waals surface area contributed by atoms with Gasteiger partial charge in [0.25, 0.3) is 0 Å². The Morgan fingerprint density at radius 3 is 2.50 bits per heavy atom. The molecule has 110 valence electrons. The van der Waals surface area contributed by atoms with Crippen molar-refractivity contribution in [2.24, 2.45) is 0 Å². The van der Waals surface area contributed by atoms with E-state index in [1.54, 1.807) is 24.3 Å². The van der Waals surface area contributed by atoms with Crippen molar-refractivity contribution in [3.05, 3.63) is 63.7 Å². The first kappa shape index (κ1) is 15.0. The van der Waals surface area contributed by atoms with E-state index in [-0.39, 0.29) is 17.7 Å². The molecule has 0 aliphatic rings. The van der Waals surface area contributed by atoms with Crippen LogP contribution in [-0.4, -0.2) is 16.0 Å². The lowest BCUT2D eigenvalue weighted by Crippen LogP contribution is -2.00. The lowest BCUT2D eigenvalue weighted by Gasteiger charge is -2.07. The van der Waals surface area contributed by atoms with Crippen LogP contribution in [0.2, 0.25) is 0 Å². The van der Waals surface area contributed by atoms with Gasteiger partial charge >= 0.3 is 11.7 Å². The molecule has 0 bridgehead atoms. The van der Waals surface area contributed by atoms with E-state index < -0.39 is 16.6 Å². The molecular formula is C15H10N2O5. The number of nitro benzene ring substituents is 1. The third-order valence-electron chi connectivity index (χ3n) is 2.84. The summed E-state index contributed by atoms with van der Waals surface area (Å²) in [5.74, 6) is -0.952. The number of carboxylic acids is 1. The average Bonchev–Trinajstić information content (AvgIpc) is 2.49. The monoisotopic (exact) mass is 298 g/mol. The minimum absolute atomic E-state index is 0.0527. The summed E-state index contributed by atoms with van der Waals surface area (Å²) in [6, 6.07) is 11.9. The summed E-state index contributed by atoms with van der Waals surface area (Å²) in [5, 5.41) is 28.5. The van der Waals surface area contributed by atoms with Crippen LogP contribution in [0.3, 0.4) is 0 Å². The van der Waals surface area contributed by atoms with Crippen LogP contribution in [-0.2, 0) is 6.42 Å². The molecule has 0 atom stereocenters. The van der Waals surface area contributed by atoms with Crippen LogP contribution in [0.5, 0.6) is 11.5 Å². The summed E-state index contributed by atoms with van der Waals surface area (Å²) < 4.78 is 5.42. The van der Waals surface area contributed by atoms with Gasteiger partial charge in [-0.15, -0.1) is 0 Å². The summed E-state index contributed by atoms with van der Waals surface area (Å²) in [5.41, 5.74) is 0.176. The molecule has 7 heteroatoms. The molecule has 0 fully saturated rings. The van der Waals surface area contributed by atoms with E-state index >= 15 is 0 Å². The molecule has 2 rings (SSSR count). The minimum atomic E-state index is -1.25. The first-order chi connectivity index (χ1) is 10.5. The molecule has 0 amide bonds. The SMILES string of the molecule is N#CCc1ccc(Oc2ccc(C(=O)O)cc2[N+](=O)[O-])cc1. The lowest BCUT2D eigenvalue weighted by molar-refractivity contribution is -0.385. The largest absolute Gasteiger partial charge is 0.478 e. The molecule has 0 aromatic heterocycles. The van der Waals surface area contributed by atoms with Crippen LogP contribution in [0.1, 0.15) is 15.9 Å². The Kier molecular flexibility index (Phi) is 4.34. The van der Waals surface area contributed by atoms with E-state index in [0.29, 0.717) is 5.75 Å². The van der Waals surface area contributed by atoms with Gasteiger partial charge in [0.05, 0.1) is 23.0 Å². The third kappa shape index (κ3) is 3.37. The number of nitrogens with zero attached hydrogens (tertiary/aromatic N) is 2. The number of carboxylic acid groups (broad SMARTS) is 1. The summed E-state index contributed by atoms with van der Waals surface area (Å²) in [4.78, 5) is 21.2. The quantitative estimate of drug-likeness (QED) is 0.670. The highest BCUT2D eigenvalue weighted by Gasteiger charge is 2.19. The van der Waals surface area contributed by atoms with Crippen LogP contribution in [0.4, 0.5) is 5.69 Å². The van der Waals surface area contributed by atoms with Gasteiger partial charge in [-0.3, -0.25) is 10.1 Å². The summed E-state index contributed by atoms with van der Waals surface area (Å²) >= 11 is 0. The molecule has 0 aliphatic carbocycles. The van der Waals surface area contributed by atoms with Crippen molar-refractivity contribution in [2.45, 2.75) is 6.42 Å². The molecular weight excluding hydrogens is 288 g/mol. The van der Waals surface area contributed by atoms with Gasteiger partial charge in [0.15, 0.2) is 0 Å². The van der Waals surface area contributed by atoms with E-state index in [0.717, 1.165) is 11.6 Å². The molecule has 2 aromatic rings. The molecule has 1 N–H and O–H groups in total. The molecule has 0 heterocycles. The van der Waals surface area contributed by atoms with Crippen molar-refractivity contribution in [3.8, 4) is 17.6 Å². The second kappa shape index (κ2) is 6.37. The number of carbonyl (C=O) groups is 1. The fourth-order valence-corrected chi connectivity index (χ4v) is 1.77. The van der Waals surface area contributed by atoms with E-state index in [1.807, 2.05) is 6.07 Å². The van der Waals surface area contributed by atoms with Crippen LogP contribution in [0, 0.1) is 21.4 Å². The van der Waals surface area contributed by atoms with E-state index in [1.165, 1.54) is 12.1 Å². The fourth-order valence-electron chi connectivity index (χ4n) is 1.77. The maximum absolute atomic E-state index is 11.0. The summed E-state index contributed by atoms with van der Waals surface area (Å²) in [6.07, 6.45) is 0.258. The molecule has 0 saturated carbocycles. The van der Waals surface area contributed by atoms with Gasteiger partial charge < -0.3 is 9.84 Å². The molecule has 0 radical (unpaired) electrons. The molecule has 0 saturated heterocycles. The van der Waals surface area contributed by atoms with E-state index in [2.05, 4.69) is 0 Å². The highest BCUT2D eigenvalue weighted by molar-refractivity contribution is 5.88. The third-order valence-corrected chi connectivity index (χ3v) is 2.84. The zero-order valence-electron chi connectivity index (χ0n) is 11.2. The van der Waals surface area contributed by atoms with Gasteiger partial charge in [0.1, 0.15) is 5.75 Å². The lowest BCUT2D eigenvalue weighted by atomic mass is 10.1. The molecule has 0 unspecified atom stereocenters. The van der Waals surface area contributed by atoms with Crippen molar-refractivity contribution < 1.29 is 19.6 Å². The van der Waals surface area contributed by atoms with Crippen molar-refractivity contribution in [1.82, 2.24) is 0 Å². The highest BCUT2D eigenvalue weighted by Crippen LogP contribution is 2.32. The number of ether oxygens (including phenoxy) is 1. The highest BCUT2D eigenvalue weighted by atomic mass is 16.6. The number of nitro groups is 1. The predicted octanol–water partition coefficient (Wildman–Crippen LogP) is 3.15.